The van der Waals surface area contributed by atoms with Crippen LogP contribution >= 0.6 is 11.8 Å². The molecule has 2 heterocycles. The lowest BCUT2D eigenvalue weighted by molar-refractivity contribution is -0.384. The van der Waals surface area contributed by atoms with Crippen molar-refractivity contribution in [1.82, 2.24) is 5.32 Å². The van der Waals surface area contributed by atoms with E-state index in [1.807, 2.05) is 23.1 Å². The highest BCUT2D eigenvalue weighted by atomic mass is 32.2. The number of rotatable bonds is 4. The Morgan fingerprint density at radius 2 is 2.00 bits per heavy atom. The Morgan fingerprint density at radius 1 is 1.21 bits per heavy atom. The van der Waals surface area contributed by atoms with Crippen LogP contribution in [0, 0.1) is 10.1 Å². The summed E-state index contributed by atoms with van der Waals surface area (Å²) in [6.07, 6.45) is 0.829. The highest BCUT2D eigenvalue weighted by molar-refractivity contribution is 7.99. The summed E-state index contributed by atoms with van der Waals surface area (Å²) in [5, 5.41) is 14.4. The van der Waals surface area contributed by atoms with Gasteiger partial charge in [0, 0.05) is 35.9 Å². The molecule has 1 atom stereocenters. The second-order valence-corrected chi connectivity index (χ2v) is 7.90. The highest BCUT2D eigenvalue weighted by Crippen LogP contribution is 2.36. The number of amides is 1. The smallest absolute Gasteiger partial charge is 0.270 e. The first-order chi connectivity index (χ1) is 13.6. The molecule has 0 saturated carbocycles. The first kappa shape index (κ1) is 18.8. The average molecular weight is 399 g/mol. The monoisotopic (exact) mass is 399 g/mol. The van der Waals surface area contributed by atoms with Crippen LogP contribution < -0.4 is 10.2 Å². The Kier molecular flexibility index (Phi) is 5.50. The Morgan fingerprint density at radius 3 is 2.79 bits per heavy atom. The molecule has 7 nitrogen and oxygen atoms in total. The number of hydrogen-bond donors (Lipinski definition) is 1. The summed E-state index contributed by atoms with van der Waals surface area (Å²) in [6.45, 7) is 2.46. The van der Waals surface area contributed by atoms with Crippen molar-refractivity contribution in [2.75, 3.05) is 37.0 Å². The predicted molar refractivity (Wildman–Crippen MR) is 108 cm³/mol. The molecule has 1 N–H and O–H groups in total. The first-order valence-electron chi connectivity index (χ1n) is 9.27. The summed E-state index contributed by atoms with van der Waals surface area (Å²) in [7, 11) is 0. The molecule has 0 bridgehead atoms. The van der Waals surface area contributed by atoms with E-state index in [1.165, 1.54) is 17.0 Å². The molecule has 0 aromatic heterocycles. The lowest BCUT2D eigenvalue weighted by Crippen LogP contribution is -2.38. The molecule has 8 heteroatoms. The van der Waals surface area contributed by atoms with Crippen molar-refractivity contribution < 1.29 is 14.5 Å². The molecule has 146 valence electrons. The van der Waals surface area contributed by atoms with Gasteiger partial charge in [-0.15, -0.1) is 11.8 Å². The van der Waals surface area contributed by atoms with Crippen molar-refractivity contribution in [3.8, 4) is 0 Å². The number of non-ortho nitro benzene ring substituents is 1. The van der Waals surface area contributed by atoms with Crippen molar-refractivity contribution in [2.45, 2.75) is 17.4 Å². The van der Waals surface area contributed by atoms with Crippen LogP contribution in [0.25, 0.3) is 0 Å². The van der Waals surface area contributed by atoms with E-state index in [0.29, 0.717) is 37.6 Å². The van der Waals surface area contributed by atoms with Crippen molar-refractivity contribution >= 4 is 29.0 Å². The maximum absolute atomic E-state index is 13.2. The number of nitro groups is 1. The third-order valence-electron chi connectivity index (χ3n) is 5.05. The van der Waals surface area contributed by atoms with Gasteiger partial charge in [0.1, 0.15) is 0 Å². The predicted octanol–water partition coefficient (Wildman–Crippen LogP) is 3.40. The third kappa shape index (κ3) is 3.83. The minimum absolute atomic E-state index is 0.0817. The largest absolute Gasteiger partial charge is 0.378 e. The van der Waals surface area contributed by atoms with Gasteiger partial charge in [-0.2, -0.15) is 0 Å². The minimum Gasteiger partial charge on any atom is -0.378 e. The van der Waals surface area contributed by atoms with Gasteiger partial charge < -0.3 is 15.0 Å². The van der Waals surface area contributed by atoms with Gasteiger partial charge in [-0.1, -0.05) is 18.2 Å². The van der Waals surface area contributed by atoms with Crippen LogP contribution in [0.2, 0.25) is 0 Å². The Balaban J connectivity index is 1.64. The van der Waals surface area contributed by atoms with Gasteiger partial charge in [0.2, 0.25) is 0 Å². The van der Waals surface area contributed by atoms with E-state index in [1.54, 1.807) is 17.8 Å². The lowest BCUT2D eigenvalue weighted by atomic mass is 10.0. The number of hydrogen-bond acceptors (Lipinski definition) is 6. The second kappa shape index (κ2) is 8.20. The van der Waals surface area contributed by atoms with E-state index in [-0.39, 0.29) is 17.6 Å². The Bertz CT molecular complexity index is 899. The number of nitrogens with one attached hydrogen (secondary N) is 1. The summed E-state index contributed by atoms with van der Waals surface area (Å²) in [6, 6.07) is 12.5. The third-order valence-corrected chi connectivity index (χ3v) is 6.17. The van der Waals surface area contributed by atoms with Crippen LogP contribution in [0.3, 0.4) is 0 Å². The van der Waals surface area contributed by atoms with E-state index in [2.05, 4.69) is 11.4 Å². The molecule has 28 heavy (non-hydrogen) atoms. The summed E-state index contributed by atoms with van der Waals surface area (Å²) in [5.74, 6) is 0.643. The quantitative estimate of drug-likeness (QED) is 0.627. The van der Waals surface area contributed by atoms with E-state index >= 15 is 0 Å². The molecule has 4 rings (SSSR count). The zero-order valence-corrected chi connectivity index (χ0v) is 16.1. The fourth-order valence-corrected chi connectivity index (χ4v) is 4.75. The van der Waals surface area contributed by atoms with Crippen LogP contribution in [0.15, 0.2) is 47.4 Å². The molecule has 1 amide bonds. The second-order valence-electron chi connectivity index (χ2n) is 6.76. The fourth-order valence-electron chi connectivity index (χ4n) is 3.63. The number of thioether (sulfide) groups is 1. The van der Waals surface area contributed by atoms with Crippen molar-refractivity contribution in [2.24, 2.45) is 0 Å². The number of carbonyl (C=O) groups excluding carboxylic acids is 1. The van der Waals surface area contributed by atoms with Gasteiger partial charge in [0.25, 0.3) is 11.6 Å². The standard InChI is InChI=1S/C20H21N3O4S/c24-20(21-17-7-12-28-19-4-2-1-3-15(17)19)16-13-14(23(25)26)5-6-18(16)22-8-10-27-11-9-22/h1-6,13,17H,7-12H2,(H,21,24)/t17-/m0/s1. The van der Waals surface area contributed by atoms with Gasteiger partial charge in [-0.25, -0.2) is 0 Å². The normalized spacial score (nSPS) is 19.0. The number of anilines is 1. The molecule has 0 unspecified atom stereocenters. The number of fused-ring (bicyclic) bond motifs is 1. The van der Waals surface area contributed by atoms with Crippen LogP contribution in [0.1, 0.15) is 28.4 Å². The van der Waals surface area contributed by atoms with Crippen molar-refractivity contribution in [3.63, 3.8) is 0 Å². The highest BCUT2D eigenvalue weighted by Gasteiger charge is 2.26. The molecular weight excluding hydrogens is 378 g/mol. The number of carbonyl (C=O) groups is 1. The van der Waals surface area contributed by atoms with E-state index in [9.17, 15) is 14.9 Å². The fraction of sp³-hybridized carbons (Fsp3) is 0.350. The summed E-state index contributed by atoms with van der Waals surface area (Å²) >= 11 is 1.78. The van der Waals surface area contributed by atoms with Crippen LogP contribution in [0.5, 0.6) is 0 Å². The van der Waals surface area contributed by atoms with E-state index in [0.717, 1.165) is 17.7 Å². The maximum atomic E-state index is 13.2. The summed E-state index contributed by atoms with van der Waals surface area (Å²) < 4.78 is 5.39. The molecule has 0 aliphatic carbocycles. The SMILES string of the molecule is O=C(N[C@H]1CCSc2ccccc21)c1cc([N+](=O)[O-])ccc1N1CCOCC1. The van der Waals surface area contributed by atoms with E-state index < -0.39 is 4.92 Å². The number of benzene rings is 2. The Labute approximate surface area is 167 Å². The molecule has 2 aliphatic rings. The molecule has 0 radical (unpaired) electrons. The molecule has 2 aliphatic heterocycles. The average Bonchev–Trinajstić information content (AvgIpc) is 2.74. The molecule has 1 saturated heterocycles. The summed E-state index contributed by atoms with van der Waals surface area (Å²) in [4.78, 5) is 27.2. The topological polar surface area (TPSA) is 84.7 Å². The molecule has 1 fully saturated rings. The minimum atomic E-state index is -0.466. The number of nitrogens with zero attached hydrogens (tertiary/aromatic N) is 2. The summed E-state index contributed by atoms with van der Waals surface area (Å²) in [5.41, 5.74) is 2.07. The van der Waals surface area contributed by atoms with Crippen molar-refractivity contribution in [3.05, 3.63) is 63.7 Å². The van der Waals surface area contributed by atoms with Crippen molar-refractivity contribution in [1.29, 1.82) is 0 Å². The van der Waals surface area contributed by atoms with Gasteiger partial charge in [-0.3, -0.25) is 14.9 Å². The van der Waals surface area contributed by atoms with Crippen LogP contribution in [-0.2, 0) is 4.74 Å². The molecule has 2 aromatic rings. The molecular formula is C20H21N3O4S. The molecule has 2 aromatic carbocycles. The lowest BCUT2D eigenvalue weighted by Gasteiger charge is -2.31. The zero-order valence-electron chi connectivity index (χ0n) is 15.3. The number of morpholine rings is 1. The Hall–Kier alpha value is -2.58. The van der Waals surface area contributed by atoms with Gasteiger partial charge >= 0.3 is 0 Å². The number of ether oxygens (including phenoxy) is 1. The molecule has 0 spiro atoms. The van der Waals surface area contributed by atoms with Crippen LogP contribution in [0.4, 0.5) is 11.4 Å². The van der Waals surface area contributed by atoms with Crippen LogP contribution in [-0.4, -0.2) is 42.9 Å². The van der Waals surface area contributed by atoms with Gasteiger partial charge in [0.05, 0.1) is 35.4 Å². The van der Waals surface area contributed by atoms with E-state index in [4.69, 9.17) is 4.74 Å². The first-order valence-corrected chi connectivity index (χ1v) is 10.3. The van der Waals surface area contributed by atoms with Gasteiger partial charge in [-0.05, 0) is 24.1 Å². The number of nitro benzene ring substituents is 1. The maximum Gasteiger partial charge on any atom is 0.270 e. The van der Waals surface area contributed by atoms with Gasteiger partial charge in [0.15, 0.2) is 0 Å². The zero-order chi connectivity index (χ0) is 19.5.